The molecule has 1 aliphatic rings. The molecule has 24 heavy (non-hydrogen) atoms. The molecule has 1 saturated carbocycles. The summed E-state index contributed by atoms with van der Waals surface area (Å²) in [6.45, 7) is 2.09. The summed E-state index contributed by atoms with van der Waals surface area (Å²) in [6.07, 6.45) is 7.84. The van der Waals surface area contributed by atoms with Crippen LogP contribution in [0.3, 0.4) is 0 Å². The molecule has 0 unspecified atom stereocenters. The molecule has 3 heterocycles. The van der Waals surface area contributed by atoms with E-state index in [1.54, 1.807) is 12.4 Å². The van der Waals surface area contributed by atoms with Crippen molar-refractivity contribution in [3.8, 4) is 11.4 Å². The molecule has 3 aromatic rings. The van der Waals surface area contributed by atoms with Crippen LogP contribution in [0.1, 0.15) is 30.1 Å². The number of hydrogen-bond donors (Lipinski definition) is 1. The number of aryl methyl sites for hydroxylation is 1. The molecule has 0 saturated heterocycles. The van der Waals surface area contributed by atoms with E-state index in [4.69, 9.17) is 0 Å². The summed E-state index contributed by atoms with van der Waals surface area (Å²) in [5.74, 6) is 1.22. The van der Waals surface area contributed by atoms with E-state index in [2.05, 4.69) is 38.2 Å². The van der Waals surface area contributed by atoms with E-state index in [0.29, 0.717) is 11.9 Å². The Kier molecular flexibility index (Phi) is 3.91. The monoisotopic (exact) mass is 317 g/mol. The van der Waals surface area contributed by atoms with Crippen molar-refractivity contribution >= 4 is 5.95 Å². The normalized spacial score (nSPS) is 15.0. The molecule has 3 aromatic heterocycles. The predicted octanol–water partition coefficient (Wildman–Crippen LogP) is 3.81. The van der Waals surface area contributed by atoms with Crippen LogP contribution in [0.2, 0.25) is 0 Å². The van der Waals surface area contributed by atoms with Gasteiger partial charge >= 0.3 is 0 Å². The number of rotatable bonds is 5. The van der Waals surface area contributed by atoms with Gasteiger partial charge in [0.1, 0.15) is 0 Å². The molecule has 1 atom stereocenters. The van der Waals surface area contributed by atoms with Crippen LogP contribution in [0.25, 0.3) is 11.4 Å². The van der Waals surface area contributed by atoms with E-state index in [1.807, 2.05) is 36.5 Å². The zero-order valence-electron chi connectivity index (χ0n) is 13.6. The first-order chi connectivity index (χ1) is 11.8. The highest BCUT2D eigenvalue weighted by Gasteiger charge is 2.33. The fraction of sp³-hybridized carbons (Fsp3) is 0.263. The Morgan fingerprint density at radius 3 is 2.58 bits per heavy atom. The summed E-state index contributed by atoms with van der Waals surface area (Å²) >= 11 is 0. The third-order valence-corrected chi connectivity index (χ3v) is 4.22. The highest BCUT2D eigenvalue weighted by molar-refractivity contribution is 5.55. The minimum Gasteiger partial charge on any atom is -0.346 e. The van der Waals surface area contributed by atoms with Crippen LogP contribution in [-0.4, -0.2) is 19.9 Å². The molecule has 5 nitrogen and oxygen atoms in total. The van der Waals surface area contributed by atoms with Crippen LogP contribution in [0.15, 0.2) is 55.0 Å². The summed E-state index contributed by atoms with van der Waals surface area (Å²) in [5, 5.41) is 3.48. The molecular formula is C19H19N5. The number of pyridine rings is 2. The van der Waals surface area contributed by atoms with Crippen molar-refractivity contribution in [2.24, 2.45) is 5.92 Å². The highest BCUT2D eigenvalue weighted by Crippen LogP contribution is 2.42. The highest BCUT2D eigenvalue weighted by atomic mass is 15.1. The zero-order valence-corrected chi connectivity index (χ0v) is 13.6. The lowest BCUT2D eigenvalue weighted by atomic mass is 10.1. The average Bonchev–Trinajstić information content (AvgIpc) is 3.46. The van der Waals surface area contributed by atoms with Gasteiger partial charge in [0.25, 0.3) is 0 Å². The van der Waals surface area contributed by atoms with Gasteiger partial charge in [-0.05, 0) is 61.6 Å². The number of nitrogens with one attached hydrogen (secondary N) is 1. The topological polar surface area (TPSA) is 63.6 Å². The van der Waals surface area contributed by atoms with E-state index >= 15 is 0 Å². The minimum atomic E-state index is 0.156. The van der Waals surface area contributed by atoms with Crippen LogP contribution in [0, 0.1) is 12.8 Å². The average molecular weight is 317 g/mol. The number of hydrogen-bond acceptors (Lipinski definition) is 5. The molecule has 5 heteroatoms. The van der Waals surface area contributed by atoms with Crippen LogP contribution in [0.4, 0.5) is 5.95 Å². The Morgan fingerprint density at radius 1 is 0.958 bits per heavy atom. The first-order valence-electron chi connectivity index (χ1n) is 8.23. The van der Waals surface area contributed by atoms with Crippen molar-refractivity contribution in [2.45, 2.75) is 25.8 Å². The first-order valence-corrected chi connectivity index (χ1v) is 8.23. The standard InChI is InChI=1S/C19H19N5/c1-13-7-10-21-17(12-13)18(14-5-6-14)24-19-22-11-8-16(23-19)15-4-2-3-9-20-15/h2-4,7-12,14,18H,5-6H2,1H3,(H,22,23,24)/t18-/m0/s1. The van der Waals surface area contributed by atoms with E-state index in [1.165, 1.54) is 18.4 Å². The lowest BCUT2D eigenvalue weighted by Gasteiger charge is -2.18. The van der Waals surface area contributed by atoms with Gasteiger partial charge in [0, 0.05) is 18.6 Å². The summed E-state index contributed by atoms with van der Waals surface area (Å²) in [4.78, 5) is 17.9. The van der Waals surface area contributed by atoms with Gasteiger partial charge in [0.05, 0.1) is 23.1 Å². The van der Waals surface area contributed by atoms with Gasteiger partial charge in [-0.1, -0.05) is 6.07 Å². The fourth-order valence-corrected chi connectivity index (χ4v) is 2.82. The van der Waals surface area contributed by atoms with Gasteiger partial charge in [-0.15, -0.1) is 0 Å². The third-order valence-electron chi connectivity index (χ3n) is 4.22. The Morgan fingerprint density at radius 2 is 1.83 bits per heavy atom. The number of aromatic nitrogens is 4. The minimum absolute atomic E-state index is 0.156. The van der Waals surface area contributed by atoms with Crippen molar-refractivity contribution in [1.29, 1.82) is 0 Å². The summed E-state index contributed by atoms with van der Waals surface area (Å²) in [5.41, 5.74) is 3.94. The maximum absolute atomic E-state index is 4.63. The van der Waals surface area contributed by atoms with Gasteiger partial charge < -0.3 is 5.32 Å². The predicted molar refractivity (Wildman–Crippen MR) is 93.3 cm³/mol. The molecule has 1 N–H and O–H groups in total. The quantitative estimate of drug-likeness (QED) is 0.775. The third kappa shape index (κ3) is 3.25. The Balaban J connectivity index is 1.61. The second kappa shape index (κ2) is 6.35. The molecule has 0 bridgehead atoms. The molecule has 0 radical (unpaired) electrons. The van der Waals surface area contributed by atoms with Crippen molar-refractivity contribution in [3.63, 3.8) is 0 Å². The van der Waals surface area contributed by atoms with Crippen LogP contribution >= 0.6 is 0 Å². The molecule has 1 fully saturated rings. The van der Waals surface area contributed by atoms with Crippen LogP contribution < -0.4 is 5.32 Å². The zero-order chi connectivity index (χ0) is 16.4. The van der Waals surface area contributed by atoms with E-state index in [9.17, 15) is 0 Å². The second-order valence-corrected chi connectivity index (χ2v) is 6.20. The molecule has 0 aromatic carbocycles. The molecule has 0 amide bonds. The van der Waals surface area contributed by atoms with Gasteiger partial charge in [0.2, 0.25) is 5.95 Å². The van der Waals surface area contributed by atoms with Gasteiger partial charge in [-0.25, -0.2) is 9.97 Å². The van der Waals surface area contributed by atoms with E-state index < -0.39 is 0 Å². The van der Waals surface area contributed by atoms with E-state index in [-0.39, 0.29) is 6.04 Å². The number of nitrogens with zero attached hydrogens (tertiary/aromatic N) is 4. The van der Waals surface area contributed by atoms with Gasteiger partial charge in [-0.2, -0.15) is 0 Å². The number of anilines is 1. The molecule has 0 spiro atoms. The van der Waals surface area contributed by atoms with Crippen LogP contribution in [0.5, 0.6) is 0 Å². The molecular weight excluding hydrogens is 298 g/mol. The first kappa shape index (κ1) is 14.8. The SMILES string of the molecule is Cc1ccnc([C@@H](Nc2nccc(-c3ccccn3)n2)C2CC2)c1. The maximum atomic E-state index is 4.63. The summed E-state index contributed by atoms with van der Waals surface area (Å²) < 4.78 is 0. The van der Waals surface area contributed by atoms with Crippen molar-refractivity contribution in [1.82, 2.24) is 19.9 Å². The Labute approximate surface area is 141 Å². The Hall–Kier alpha value is -2.82. The lowest BCUT2D eigenvalue weighted by Crippen LogP contribution is -2.16. The lowest BCUT2D eigenvalue weighted by molar-refractivity contribution is 0.651. The molecule has 1 aliphatic carbocycles. The second-order valence-electron chi connectivity index (χ2n) is 6.20. The fourth-order valence-electron chi connectivity index (χ4n) is 2.82. The maximum Gasteiger partial charge on any atom is 0.223 e. The van der Waals surface area contributed by atoms with Gasteiger partial charge in [0.15, 0.2) is 0 Å². The van der Waals surface area contributed by atoms with Crippen molar-refractivity contribution in [2.75, 3.05) is 5.32 Å². The summed E-state index contributed by atoms with van der Waals surface area (Å²) in [7, 11) is 0. The smallest absolute Gasteiger partial charge is 0.223 e. The largest absolute Gasteiger partial charge is 0.346 e. The molecule has 4 rings (SSSR count). The van der Waals surface area contributed by atoms with Crippen molar-refractivity contribution < 1.29 is 0 Å². The summed E-state index contributed by atoms with van der Waals surface area (Å²) in [6, 6.07) is 12.0. The molecule has 120 valence electrons. The van der Waals surface area contributed by atoms with Gasteiger partial charge in [-0.3, -0.25) is 9.97 Å². The molecule has 0 aliphatic heterocycles. The van der Waals surface area contributed by atoms with Crippen LogP contribution in [-0.2, 0) is 0 Å². The Bertz CT molecular complexity index is 830. The van der Waals surface area contributed by atoms with Crippen molar-refractivity contribution in [3.05, 3.63) is 66.2 Å². The van der Waals surface area contributed by atoms with E-state index in [0.717, 1.165) is 17.1 Å².